The second kappa shape index (κ2) is 5.74. The minimum Gasteiger partial charge on any atom is -0.490 e. The van der Waals surface area contributed by atoms with Gasteiger partial charge in [0.25, 0.3) is 5.91 Å². The highest BCUT2D eigenvalue weighted by molar-refractivity contribution is 6.04. The second-order valence-corrected chi connectivity index (χ2v) is 3.69. The standard InChI is InChI=1S/C12H10N4O4/c1-20-10-6-8(2-3-9(10)16(18)19)12(17)15-11-7-13-4-5-14-11/h2-7H,1H3,(H,14,15,17). The Kier molecular flexibility index (Phi) is 3.85. The summed E-state index contributed by atoms with van der Waals surface area (Å²) in [6, 6.07) is 3.85. The van der Waals surface area contributed by atoms with Crippen molar-refractivity contribution in [1.82, 2.24) is 9.97 Å². The number of aromatic nitrogens is 2. The van der Waals surface area contributed by atoms with Gasteiger partial charge in [-0.3, -0.25) is 19.9 Å². The summed E-state index contributed by atoms with van der Waals surface area (Å²) >= 11 is 0. The van der Waals surface area contributed by atoms with E-state index in [2.05, 4.69) is 15.3 Å². The molecule has 0 aliphatic carbocycles. The molecule has 1 aromatic carbocycles. The molecule has 0 aliphatic heterocycles. The van der Waals surface area contributed by atoms with Crippen molar-refractivity contribution in [2.75, 3.05) is 12.4 Å². The van der Waals surface area contributed by atoms with Gasteiger partial charge < -0.3 is 10.1 Å². The van der Waals surface area contributed by atoms with E-state index in [1.54, 1.807) is 0 Å². The summed E-state index contributed by atoms with van der Waals surface area (Å²) in [6.45, 7) is 0. The van der Waals surface area contributed by atoms with Gasteiger partial charge in [0.1, 0.15) is 0 Å². The topological polar surface area (TPSA) is 107 Å². The van der Waals surface area contributed by atoms with Crippen molar-refractivity contribution < 1.29 is 14.5 Å². The Morgan fingerprint density at radius 1 is 1.40 bits per heavy atom. The van der Waals surface area contributed by atoms with Gasteiger partial charge in [0.2, 0.25) is 0 Å². The average Bonchev–Trinajstić information content (AvgIpc) is 2.47. The van der Waals surface area contributed by atoms with Crippen LogP contribution < -0.4 is 10.1 Å². The van der Waals surface area contributed by atoms with Gasteiger partial charge in [-0.15, -0.1) is 0 Å². The van der Waals surface area contributed by atoms with Crippen LogP contribution in [0, 0.1) is 10.1 Å². The summed E-state index contributed by atoms with van der Waals surface area (Å²) in [5.74, 6) is -0.157. The summed E-state index contributed by atoms with van der Waals surface area (Å²) in [7, 11) is 1.30. The number of hydrogen-bond acceptors (Lipinski definition) is 6. The smallest absolute Gasteiger partial charge is 0.310 e. The van der Waals surface area contributed by atoms with Crippen LogP contribution in [-0.4, -0.2) is 27.9 Å². The number of hydrogen-bond donors (Lipinski definition) is 1. The normalized spacial score (nSPS) is 9.85. The molecule has 0 unspecified atom stereocenters. The van der Waals surface area contributed by atoms with E-state index in [9.17, 15) is 14.9 Å². The van der Waals surface area contributed by atoms with Crippen LogP contribution >= 0.6 is 0 Å². The van der Waals surface area contributed by atoms with E-state index in [0.717, 1.165) is 0 Å². The van der Waals surface area contributed by atoms with Crippen LogP contribution in [0.4, 0.5) is 11.5 Å². The maximum atomic E-state index is 12.0. The third-order valence-corrected chi connectivity index (χ3v) is 2.44. The van der Waals surface area contributed by atoms with E-state index in [1.807, 2.05) is 0 Å². The molecule has 1 amide bonds. The minimum absolute atomic E-state index is 0.0156. The number of methoxy groups -OCH3 is 1. The predicted octanol–water partition coefficient (Wildman–Crippen LogP) is 1.65. The molecule has 0 radical (unpaired) electrons. The number of nitro groups is 1. The van der Waals surface area contributed by atoms with E-state index < -0.39 is 10.8 Å². The molecule has 2 rings (SSSR count). The minimum atomic E-state index is -0.580. The van der Waals surface area contributed by atoms with Crippen LogP contribution in [0.15, 0.2) is 36.8 Å². The molecule has 0 spiro atoms. The largest absolute Gasteiger partial charge is 0.490 e. The first kappa shape index (κ1) is 13.4. The molecular formula is C12H10N4O4. The predicted molar refractivity (Wildman–Crippen MR) is 69.6 cm³/mol. The maximum Gasteiger partial charge on any atom is 0.310 e. The zero-order chi connectivity index (χ0) is 14.5. The Balaban J connectivity index is 2.25. The monoisotopic (exact) mass is 274 g/mol. The molecule has 0 fully saturated rings. The first-order valence-corrected chi connectivity index (χ1v) is 5.51. The van der Waals surface area contributed by atoms with E-state index >= 15 is 0 Å². The van der Waals surface area contributed by atoms with Crippen LogP contribution in [0.1, 0.15) is 10.4 Å². The Bertz CT molecular complexity index is 645. The number of benzene rings is 1. The lowest BCUT2D eigenvalue weighted by Crippen LogP contribution is -2.13. The highest BCUT2D eigenvalue weighted by Gasteiger charge is 2.17. The van der Waals surface area contributed by atoms with Crippen LogP contribution in [0.2, 0.25) is 0 Å². The van der Waals surface area contributed by atoms with E-state index in [1.165, 1.54) is 43.9 Å². The number of nitro benzene ring substituents is 1. The number of nitrogens with zero attached hydrogens (tertiary/aromatic N) is 3. The number of ether oxygens (including phenoxy) is 1. The van der Waals surface area contributed by atoms with Crippen molar-refractivity contribution in [2.24, 2.45) is 0 Å². The summed E-state index contributed by atoms with van der Waals surface area (Å²) in [5, 5.41) is 13.3. The van der Waals surface area contributed by atoms with Gasteiger partial charge >= 0.3 is 5.69 Å². The summed E-state index contributed by atoms with van der Waals surface area (Å²) in [4.78, 5) is 29.8. The Morgan fingerprint density at radius 2 is 2.20 bits per heavy atom. The van der Waals surface area contributed by atoms with Gasteiger partial charge in [-0.05, 0) is 6.07 Å². The summed E-state index contributed by atoms with van der Waals surface area (Å²) < 4.78 is 4.90. The molecule has 1 N–H and O–H groups in total. The SMILES string of the molecule is COc1cc(C(=O)Nc2cnccn2)ccc1[N+](=O)[O-]. The van der Waals surface area contributed by atoms with Crippen molar-refractivity contribution in [3.05, 3.63) is 52.5 Å². The van der Waals surface area contributed by atoms with Crippen molar-refractivity contribution >= 4 is 17.4 Å². The van der Waals surface area contributed by atoms with Crippen LogP contribution in [0.25, 0.3) is 0 Å². The quantitative estimate of drug-likeness (QED) is 0.670. The van der Waals surface area contributed by atoms with Crippen molar-refractivity contribution in [3.8, 4) is 5.75 Å². The summed E-state index contributed by atoms with van der Waals surface area (Å²) in [6.07, 6.45) is 4.30. The highest BCUT2D eigenvalue weighted by atomic mass is 16.6. The van der Waals surface area contributed by atoms with Crippen molar-refractivity contribution in [1.29, 1.82) is 0 Å². The maximum absolute atomic E-state index is 12.0. The Morgan fingerprint density at radius 3 is 2.80 bits per heavy atom. The molecule has 2 aromatic rings. The Labute approximate surface area is 113 Å². The molecule has 102 valence electrons. The van der Waals surface area contributed by atoms with Crippen molar-refractivity contribution in [3.63, 3.8) is 0 Å². The number of amides is 1. The summed E-state index contributed by atoms with van der Waals surface area (Å²) in [5.41, 5.74) is 0.0154. The van der Waals surface area contributed by atoms with E-state index in [-0.39, 0.29) is 22.8 Å². The number of carbonyl (C=O) groups is 1. The van der Waals surface area contributed by atoms with E-state index in [4.69, 9.17) is 4.74 Å². The van der Waals surface area contributed by atoms with Gasteiger partial charge in [0, 0.05) is 30.1 Å². The fourth-order valence-electron chi connectivity index (χ4n) is 1.52. The van der Waals surface area contributed by atoms with Crippen LogP contribution in [0.5, 0.6) is 5.75 Å². The number of carbonyl (C=O) groups excluding carboxylic acids is 1. The van der Waals surface area contributed by atoms with Crippen molar-refractivity contribution in [2.45, 2.75) is 0 Å². The first-order chi connectivity index (χ1) is 9.61. The number of anilines is 1. The molecule has 0 aliphatic rings. The Hall–Kier alpha value is -3.03. The number of nitrogens with one attached hydrogen (secondary N) is 1. The lowest BCUT2D eigenvalue weighted by Gasteiger charge is -2.06. The molecule has 8 heteroatoms. The van der Waals surface area contributed by atoms with Gasteiger partial charge in [0.05, 0.1) is 18.2 Å². The van der Waals surface area contributed by atoms with Crippen LogP contribution in [0.3, 0.4) is 0 Å². The zero-order valence-corrected chi connectivity index (χ0v) is 10.4. The second-order valence-electron chi connectivity index (χ2n) is 3.69. The van der Waals surface area contributed by atoms with Crippen LogP contribution in [-0.2, 0) is 0 Å². The van der Waals surface area contributed by atoms with E-state index in [0.29, 0.717) is 0 Å². The fourth-order valence-corrected chi connectivity index (χ4v) is 1.52. The lowest BCUT2D eigenvalue weighted by atomic mass is 10.2. The van der Waals surface area contributed by atoms with Gasteiger partial charge in [-0.1, -0.05) is 0 Å². The molecule has 0 atom stereocenters. The molecule has 8 nitrogen and oxygen atoms in total. The third kappa shape index (κ3) is 2.86. The van der Waals surface area contributed by atoms with Gasteiger partial charge in [0.15, 0.2) is 11.6 Å². The third-order valence-electron chi connectivity index (χ3n) is 2.44. The zero-order valence-electron chi connectivity index (χ0n) is 10.4. The molecule has 0 saturated carbocycles. The average molecular weight is 274 g/mol. The highest BCUT2D eigenvalue weighted by Crippen LogP contribution is 2.27. The molecule has 0 bridgehead atoms. The van der Waals surface area contributed by atoms with Gasteiger partial charge in [-0.25, -0.2) is 4.98 Å². The van der Waals surface area contributed by atoms with Gasteiger partial charge in [-0.2, -0.15) is 0 Å². The fraction of sp³-hybridized carbons (Fsp3) is 0.0833. The molecule has 1 heterocycles. The molecule has 1 aromatic heterocycles. The first-order valence-electron chi connectivity index (χ1n) is 5.51. The molecule has 20 heavy (non-hydrogen) atoms. The number of rotatable bonds is 4. The molecular weight excluding hydrogens is 264 g/mol. The lowest BCUT2D eigenvalue weighted by molar-refractivity contribution is -0.385. The molecule has 0 saturated heterocycles.